The Balaban J connectivity index is 2.46. The van der Waals surface area contributed by atoms with Crippen LogP contribution in [0.1, 0.15) is 11.2 Å². The van der Waals surface area contributed by atoms with Gasteiger partial charge in [0, 0.05) is 0 Å². The van der Waals surface area contributed by atoms with Crippen molar-refractivity contribution in [3.8, 4) is 0 Å². The van der Waals surface area contributed by atoms with E-state index in [4.69, 9.17) is 5.73 Å². The van der Waals surface area contributed by atoms with Crippen molar-refractivity contribution in [1.82, 2.24) is 15.2 Å². The zero-order chi connectivity index (χ0) is 8.72. The lowest BCUT2D eigenvalue weighted by Gasteiger charge is -2.05. The molecular formula is C6H11N5S. The predicted octanol–water partition coefficient (Wildman–Crippen LogP) is 0.523. The Morgan fingerprint density at radius 2 is 2.42 bits per heavy atom. The molecule has 66 valence electrons. The quantitative estimate of drug-likeness (QED) is 0.595. The molecule has 0 radical (unpaired) electrons. The molecule has 2 heterocycles. The third-order valence-corrected chi connectivity index (χ3v) is 2.66. The minimum absolute atomic E-state index is 0.149. The maximum atomic E-state index is 5.78. The smallest absolute Gasteiger partial charge is 0.167 e. The van der Waals surface area contributed by atoms with Gasteiger partial charge in [0.2, 0.25) is 0 Å². The highest BCUT2D eigenvalue weighted by Gasteiger charge is 2.24. The number of thioether (sulfide) groups is 1. The maximum absolute atomic E-state index is 5.78. The van der Waals surface area contributed by atoms with Gasteiger partial charge in [0.15, 0.2) is 11.3 Å². The summed E-state index contributed by atoms with van der Waals surface area (Å²) in [5, 5.41) is 4.29. The number of nitrogens with zero attached hydrogens (tertiary/aromatic N) is 2. The molecule has 4 N–H and O–H groups in total. The van der Waals surface area contributed by atoms with Crippen LogP contribution in [0.5, 0.6) is 0 Å². The van der Waals surface area contributed by atoms with Gasteiger partial charge in [-0.25, -0.2) is 10.1 Å². The first kappa shape index (κ1) is 7.75. The number of nitrogen functional groups attached to an aromatic ring is 1. The van der Waals surface area contributed by atoms with E-state index in [1.54, 1.807) is 11.8 Å². The highest BCUT2D eigenvalue weighted by Crippen LogP contribution is 2.32. The molecule has 0 saturated carbocycles. The largest absolute Gasteiger partial charge is 0.394 e. The average molecular weight is 185 g/mol. The Hall–Kier alpha value is -0.880. The van der Waals surface area contributed by atoms with E-state index >= 15 is 0 Å². The van der Waals surface area contributed by atoms with E-state index in [-0.39, 0.29) is 5.50 Å². The lowest BCUT2D eigenvalue weighted by Crippen LogP contribution is -2.19. The van der Waals surface area contributed by atoms with E-state index in [0.29, 0.717) is 0 Å². The van der Waals surface area contributed by atoms with Crippen molar-refractivity contribution >= 4 is 23.3 Å². The predicted molar refractivity (Wildman–Crippen MR) is 50.7 cm³/mol. The van der Waals surface area contributed by atoms with Crippen molar-refractivity contribution in [3.63, 3.8) is 0 Å². The summed E-state index contributed by atoms with van der Waals surface area (Å²) in [6.07, 6.45) is 2.02. The fraction of sp³-hybridized carbons (Fsp3) is 0.500. The summed E-state index contributed by atoms with van der Waals surface area (Å²) in [4.78, 5) is 0. The molecule has 1 aliphatic heterocycles. The van der Waals surface area contributed by atoms with Crippen LogP contribution in [0.3, 0.4) is 0 Å². The van der Waals surface area contributed by atoms with Crippen molar-refractivity contribution in [2.24, 2.45) is 0 Å². The third-order valence-electron chi connectivity index (χ3n) is 1.89. The lowest BCUT2D eigenvalue weighted by atomic mass is 10.4. The molecule has 0 aromatic carbocycles. The summed E-state index contributed by atoms with van der Waals surface area (Å²) in [6.45, 7) is 1.90. The van der Waals surface area contributed by atoms with E-state index in [1.807, 2.05) is 17.9 Å². The first-order chi connectivity index (χ1) is 5.74. The number of fused-ring (bicyclic) bond motifs is 1. The minimum atomic E-state index is 0.149. The number of aromatic nitrogens is 2. The molecule has 1 aromatic rings. The number of aryl methyl sites for hydroxylation is 1. The summed E-state index contributed by atoms with van der Waals surface area (Å²) in [5.41, 5.74) is 13.6. The van der Waals surface area contributed by atoms with Gasteiger partial charge in [0.25, 0.3) is 0 Å². The number of nitrogens with two attached hydrogens (primary N) is 1. The van der Waals surface area contributed by atoms with Gasteiger partial charge in [0.1, 0.15) is 0 Å². The fourth-order valence-electron chi connectivity index (χ4n) is 1.20. The van der Waals surface area contributed by atoms with Crippen LogP contribution in [0.15, 0.2) is 0 Å². The van der Waals surface area contributed by atoms with E-state index in [9.17, 15) is 0 Å². The second kappa shape index (κ2) is 2.56. The van der Waals surface area contributed by atoms with Crippen LogP contribution in [0.2, 0.25) is 0 Å². The first-order valence-electron chi connectivity index (χ1n) is 3.63. The van der Waals surface area contributed by atoms with Gasteiger partial charge < -0.3 is 11.2 Å². The summed E-state index contributed by atoms with van der Waals surface area (Å²) >= 11 is 1.67. The van der Waals surface area contributed by atoms with Crippen LogP contribution < -0.4 is 16.6 Å². The van der Waals surface area contributed by atoms with Crippen molar-refractivity contribution in [3.05, 3.63) is 5.69 Å². The Morgan fingerprint density at radius 1 is 1.67 bits per heavy atom. The SMILES string of the molecule is CSC1NNc2c(N)c(C)nn21. The Bertz CT molecular complexity index is 307. The highest BCUT2D eigenvalue weighted by molar-refractivity contribution is 7.98. The summed E-state index contributed by atoms with van der Waals surface area (Å²) in [5.74, 6) is 0.867. The lowest BCUT2D eigenvalue weighted by molar-refractivity contribution is 0.597. The molecule has 5 nitrogen and oxygen atoms in total. The zero-order valence-corrected chi connectivity index (χ0v) is 7.77. The fourth-order valence-corrected chi connectivity index (χ4v) is 1.73. The molecule has 0 amide bonds. The normalized spacial score (nSPS) is 20.7. The molecule has 2 rings (SSSR count). The van der Waals surface area contributed by atoms with Crippen LogP contribution in [-0.2, 0) is 0 Å². The highest BCUT2D eigenvalue weighted by atomic mass is 32.2. The van der Waals surface area contributed by atoms with Crippen LogP contribution in [0.25, 0.3) is 0 Å². The van der Waals surface area contributed by atoms with Gasteiger partial charge in [-0.15, -0.1) is 11.8 Å². The summed E-state index contributed by atoms with van der Waals surface area (Å²) in [7, 11) is 0. The number of hydrazine groups is 1. The Labute approximate surface area is 74.7 Å². The number of hydrogen-bond acceptors (Lipinski definition) is 5. The molecule has 0 saturated heterocycles. The van der Waals surface area contributed by atoms with Gasteiger partial charge in [-0.05, 0) is 13.2 Å². The Kier molecular flexibility index (Phi) is 1.66. The average Bonchev–Trinajstić information content (AvgIpc) is 2.55. The number of anilines is 2. The third kappa shape index (κ3) is 0.881. The maximum Gasteiger partial charge on any atom is 0.167 e. The van der Waals surface area contributed by atoms with Crippen LogP contribution in [0.4, 0.5) is 11.5 Å². The molecule has 0 aliphatic carbocycles. The first-order valence-corrected chi connectivity index (χ1v) is 4.91. The Morgan fingerprint density at radius 3 is 3.08 bits per heavy atom. The molecule has 0 spiro atoms. The summed E-state index contributed by atoms with van der Waals surface area (Å²) in [6, 6.07) is 0. The molecular weight excluding hydrogens is 174 g/mol. The number of rotatable bonds is 1. The van der Waals surface area contributed by atoms with Gasteiger partial charge >= 0.3 is 0 Å². The molecule has 6 heteroatoms. The number of nitrogens with one attached hydrogen (secondary N) is 2. The molecule has 1 atom stereocenters. The van der Waals surface area contributed by atoms with E-state index < -0.39 is 0 Å². The molecule has 0 bridgehead atoms. The second-order valence-corrected chi connectivity index (χ2v) is 3.57. The van der Waals surface area contributed by atoms with E-state index in [0.717, 1.165) is 17.2 Å². The van der Waals surface area contributed by atoms with Crippen molar-refractivity contribution in [2.45, 2.75) is 12.4 Å². The second-order valence-electron chi connectivity index (χ2n) is 2.65. The van der Waals surface area contributed by atoms with Gasteiger partial charge in [-0.2, -0.15) is 5.10 Å². The molecule has 1 aromatic heterocycles. The van der Waals surface area contributed by atoms with Crippen LogP contribution >= 0.6 is 11.8 Å². The van der Waals surface area contributed by atoms with Gasteiger partial charge in [-0.1, -0.05) is 0 Å². The van der Waals surface area contributed by atoms with Gasteiger partial charge in [-0.3, -0.25) is 0 Å². The standard InChI is InChI=1S/C6H11N5S/c1-3-4(7)5-8-9-6(12-2)11(5)10-3/h6,8-9H,7H2,1-2H3. The molecule has 1 aliphatic rings. The minimum Gasteiger partial charge on any atom is -0.394 e. The van der Waals surface area contributed by atoms with Crippen LogP contribution in [0, 0.1) is 6.92 Å². The van der Waals surface area contributed by atoms with Crippen molar-refractivity contribution in [1.29, 1.82) is 0 Å². The van der Waals surface area contributed by atoms with E-state index in [1.165, 1.54) is 0 Å². The van der Waals surface area contributed by atoms with Crippen molar-refractivity contribution < 1.29 is 0 Å². The topological polar surface area (TPSA) is 67.9 Å². The monoisotopic (exact) mass is 185 g/mol. The number of hydrogen-bond donors (Lipinski definition) is 3. The zero-order valence-electron chi connectivity index (χ0n) is 6.96. The van der Waals surface area contributed by atoms with Crippen LogP contribution in [-0.4, -0.2) is 16.0 Å². The van der Waals surface area contributed by atoms with Gasteiger partial charge in [0.05, 0.1) is 11.4 Å². The molecule has 12 heavy (non-hydrogen) atoms. The molecule has 0 fully saturated rings. The summed E-state index contributed by atoms with van der Waals surface area (Å²) < 4.78 is 1.86. The molecule has 1 unspecified atom stereocenters. The van der Waals surface area contributed by atoms with E-state index in [2.05, 4.69) is 16.0 Å². The van der Waals surface area contributed by atoms with Crippen molar-refractivity contribution in [2.75, 3.05) is 17.4 Å².